The first-order valence-electron chi connectivity index (χ1n) is 11.8. The lowest BCUT2D eigenvalue weighted by Gasteiger charge is -2.48. The van der Waals surface area contributed by atoms with Crippen LogP contribution in [0.1, 0.15) is 27.7 Å². The van der Waals surface area contributed by atoms with Crippen LogP contribution in [0.5, 0.6) is 0 Å². The molecular formula is C23H36O15. The molecule has 1 N–H and O–H groups in total. The van der Waals surface area contributed by atoms with E-state index in [4.69, 9.17) is 47.4 Å². The Bertz CT molecular complexity index is 819. The van der Waals surface area contributed by atoms with E-state index in [1.807, 2.05) is 0 Å². The van der Waals surface area contributed by atoms with E-state index in [1.165, 1.54) is 35.2 Å². The number of methoxy groups -OCH3 is 3. The van der Waals surface area contributed by atoms with Crippen LogP contribution in [-0.2, 0) is 66.5 Å². The SMILES string of the molecule is CO[C@@H]1[C@H](OC)[C@@H](O[C@H]2[C@H](OC(C)=O)[C@@H](OC(C)=O)[C@@H](O)O[C@@H]2COC(C)=O)O[C@H](COC(C)=O)[C@H]1OC. The second-order valence-corrected chi connectivity index (χ2v) is 8.56. The Morgan fingerprint density at radius 3 is 1.53 bits per heavy atom. The van der Waals surface area contributed by atoms with Gasteiger partial charge in [0.15, 0.2) is 24.8 Å². The maximum atomic E-state index is 12.0. The van der Waals surface area contributed by atoms with Crippen LogP contribution in [-0.4, -0.2) is 125 Å². The van der Waals surface area contributed by atoms with Gasteiger partial charge in [0, 0.05) is 49.0 Å². The molecule has 15 heteroatoms. The summed E-state index contributed by atoms with van der Waals surface area (Å²) in [5.41, 5.74) is 0. The number of carbonyl (C=O) groups excluding carboxylic acids is 4. The number of hydrogen-bond acceptors (Lipinski definition) is 15. The Hall–Kier alpha value is -2.40. The molecule has 2 saturated heterocycles. The van der Waals surface area contributed by atoms with Gasteiger partial charge in [-0.1, -0.05) is 0 Å². The summed E-state index contributed by atoms with van der Waals surface area (Å²) in [6.07, 6.45) is -11.8. The van der Waals surface area contributed by atoms with Crippen LogP contribution in [0.25, 0.3) is 0 Å². The zero-order valence-electron chi connectivity index (χ0n) is 22.4. The minimum atomic E-state index is -1.75. The highest BCUT2D eigenvalue weighted by Crippen LogP contribution is 2.34. The summed E-state index contributed by atoms with van der Waals surface area (Å²) >= 11 is 0. The number of aliphatic hydroxyl groups excluding tert-OH is 1. The van der Waals surface area contributed by atoms with E-state index in [0.29, 0.717) is 0 Å². The van der Waals surface area contributed by atoms with Gasteiger partial charge >= 0.3 is 23.9 Å². The second-order valence-electron chi connectivity index (χ2n) is 8.56. The third-order valence-corrected chi connectivity index (χ3v) is 5.81. The second kappa shape index (κ2) is 14.7. The summed E-state index contributed by atoms with van der Waals surface area (Å²) in [4.78, 5) is 46.7. The maximum absolute atomic E-state index is 12.0. The van der Waals surface area contributed by atoms with Gasteiger partial charge in [-0.2, -0.15) is 0 Å². The molecule has 2 heterocycles. The lowest BCUT2D eigenvalue weighted by atomic mass is 9.96. The summed E-state index contributed by atoms with van der Waals surface area (Å²) < 4.78 is 55.2. The normalized spacial score (nSPS) is 35.2. The molecule has 0 amide bonds. The number of esters is 4. The summed E-state index contributed by atoms with van der Waals surface area (Å²) in [6.45, 7) is 3.96. The quantitative estimate of drug-likeness (QED) is 0.239. The predicted molar refractivity (Wildman–Crippen MR) is 121 cm³/mol. The molecule has 0 spiro atoms. The third kappa shape index (κ3) is 8.30. The van der Waals surface area contributed by atoms with Gasteiger partial charge in [0.05, 0.1) is 0 Å². The smallest absolute Gasteiger partial charge is 0.303 e. The fourth-order valence-corrected chi connectivity index (χ4v) is 4.31. The standard InChI is InChI=1S/C23H36O15/c1-10(24)32-8-14-16(29-5)18(30-6)21(31-7)23(37-14)38-17-15(9-33-11(2)25)36-22(28)20(35-13(4)27)19(17)34-12(3)26/h14-23,28H,8-9H2,1-7H3/t14-,15-,16-,17-,18+,19+,20-,21+,22+,23-/m1/s1. The van der Waals surface area contributed by atoms with Gasteiger partial charge in [0.2, 0.25) is 0 Å². The van der Waals surface area contributed by atoms with Gasteiger partial charge < -0.3 is 52.5 Å². The molecule has 10 atom stereocenters. The highest BCUT2D eigenvalue weighted by atomic mass is 16.8. The highest BCUT2D eigenvalue weighted by molar-refractivity contribution is 5.67. The van der Waals surface area contributed by atoms with Gasteiger partial charge in [-0.05, 0) is 0 Å². The zero-order valence-corrected chi connectivity index (χ0v) is 22.4. The number of hydrogen-bond donors (Lipinski definition) is 1. The first-order valence-corrected chi connectivity index (χ1v) is 11.8. The molecule has 0 bridgehead atoms. The van der Waals surface area contributed by atoms with Crippen molar-refractivity contribution in [1.29, 1.82) is 0 Å². The van der Waals surface area contributed by atoms with E-state index in [1.54, 1.807) is 0 Å². The molecule has 0 unspecified atom stereocenters. The van der Waals surface area contributed by atoms with Gasteiger partial charge in [-0.3, -0.25) is 19.2 Å². The molecule has 218 valence electrons. The van der Waals surface area contributed by atoms with Crippen molar-refractivity contribution in [3.8, 4) is 0 Å². The molecule has 0 aliphatic carbocycles. The van der Waals surface area contributed by atoms with Crippen LogP contribution in [0.15, 0.2) is 0 Å². The summed E-state index contributed by atoms with van der Waals surface area (Å²) in [5, 5.41) is 10.5. The molecule has 15 nitrogen and oxygen atoms in total. The fourth-order valence-electron chi connectivity index (χ4n) is 4.31. The topological polar surface area (TPSA) is 181 Å². The number of aliphatic hydroxyl groups is 1. The van der Waals surface area contributed by atoms with Crippen molar-refractivity contribution in [2.24, 2.45) is 0 Å². The van der Waals surface area contributed by atoms with Gasteiger partial charge in [-0.15, -0.1) is 0 Å². The lowest BCUT2D eigenvalue weighted by molar-refractivity contribution is -0.360. The van der Waals surface area contributed by atoms with E-state index in [2.05, 4.69) is 0 Å². The van der Waals surface area contributed by atoms with E-state index >= 15 is 0 Å². The first kappa shape index (κ1) is 31.8. The van der Waals surface area contributed by atoms with Crippen molar-refractivity contribution >= 4 is 23.9 Å². The average molecular weight is 553 g/mol. The highest BCUT2D eigenvalue weighted by Gasteiger charge is 2.55. The number of carbonyl (C=O) groups is 4. The lowest BCUT2D eigenvalue weighted by Crippen LogP contribution is -2.66. The Labute approximate surface area is 219 Å². The fraction of sp³-hybridized carbons (Fsp3) is 0.826. The Morgan fingerprint density at radius 2 is 1.08 bits per heavy atom. The Balaban J connectivity index is 2.47. The van der Waals surface area contributed by atoms with Crippen molar-refractivity contribution in [1.82, 2.24) is 0 Å². The van der Waals surface area contributed by atoms with Crippen molar-refractivity contribution in [2.75, 3.05) is 34.5 Å². The minimum absolute atomic E-state index is 0.218. The van der Waals surface area contributed by atoms with Crippen LogP contribution in [0, 0.1) is 0 Å². The van der Waals surface area contributed by atoms with Crippen LogP contribution in [0.2, 0.25) is 0 Å². The molecule has 38 heavy (non-hydrogen) atoms. The van der Waals surface area contributed by atoms with Crippen molar-refractivity contribution < 1.29 is 71.7 Å². The molecule has 0 aromatic carbocycles. The largest absolute Gasteiger partial charge is 0.463 e. The van der Waals surface area contributed by atoms with Crippen molar-refractivity contribution in [3.05, 3.63) is 0 Å². The third-order valence-electron chi connectivity index (χ3n) is 5.81. The summed E-state index contributed by atoms with van der Waals surface area (Å²) in [7, 11) is 4.20. The molecular weight excluding hydrogens is 516 g/mol. The van der Waals surface area contributed by atoms with Gasteiger partial charge in [0.25, 0.3) is 0 Å². The molecule has 0 aromatic rings. The van der Waals surface area contributed by atoms with E-state index in [9.17, 15) is 24.3 Å². The summed E-state index contributed by atoms with van der Waals surface area (Å²) in [6, 6.07) is 0. The number of ether oxygens (including phenoxy) is 10. The van der Waals surface area contributed by atoms with E-state index in [-0.39, 0.29) is 6.61 Å². The molecule has 0 saturated carbocycles. The first-order chi connectivity index (χ1) is 17.9. The van der Waals surface area contributed by atoms with Gasteiger partial charge in [0.1, 0.15) is 49.8 Å². The summed E-state index contributed by atoms with van der Waals surface area (Å²) in [5.74, 6) is -2.78. The molecule has 0 aromatic heterocycles. The molecule has 2 rings (SSSR count). The van der Waals surface area contributed by atoms with Crippen molar-refractivity contribution in [2.45, 2.75) is 89.1 Å². The molecule has 2 fully saturated rings. The van der Waals surface area contributed by atoms with Crippen LogP contribution in [0.4, 0.5) is 0 Å². The molecule has 2 aliphatic rings. The zero-order chi connectivity index (χ0) is 28.6. The van der Waals surface area contributed by atoms with Crippen LogP contribution in [0.3, 0.4) is 0 Å². The minimum Gasteiger partial charge on any atom is -0.463 e. The molecule has 0 radical (unpaired) electrons. The average Bonchev–Trinajstić information content (AvgIpc) is 2.83. The van der Waals surface area contributed by atoms with Gasteiger partial charge in [-0.25, -0.2) is 0 Å². The van der Waals surface area contributed by atoms with Crippen molar-refractivity contribution in [3.63, 3.8) is 0 Å². The predicted octanol–water partition coefficient (Wildman–Crippen LogP) is -1.15. The molecule has 2 aliphatic heterocycles. The van der Waals surface area contributed by atoms with E-state index < -0.39 is 91.9 Å². The van der Waals surface area contributed by atoms with E-state index in [0.717, 1.165) is 13.8 Å². The Morgan fingerprint density at radius 1 is 0.605 bits per heavy atom. The van der Waals surface area contributed by atoms with Crippen LogP contribution < -0.4 is 0 Å². The monoisotopic (exact) mass is 552 g/mol. The van der Waals surface area contributed by atoms with Crippen LogP contribution >= 0.6 is 0 Å². The number of rotatable bonds is 11. The maximum Gasteiger partial charge on any atom is 0.303 e. The Kier molecular flexibility index (Phi) is 12.3.